The van der Waals surface area contributed by atoms with Gasteiger partial charge in [0.25, 0.3) is 0 Å². The van der Waals surface area contributed by atoms with E-state index in [0.717, 1.165) is 26.0 Å². The van der Waals surface area contributed by atoms with E-state index in [0.29, 0.717) is 6.07 Å². The van der Waals surface area contributed by atoms with Gasteiger partial charge in [-0.1, -0.05) is 12.1 Å². The normalized spacial score (nSPS) is 13.2. The second-order valence-corrected chi connectivity index (χ2v) is 4.93. The van der Waals surface area contributed by atoms with Crippen LogP contribution in [-0.2, 0) is 22.6 Å². The second-order valence-electron chi connectivity index (χ2n) is 4.93. The molecule has 0 aromatic heterocycles. The maximum absolute atomic E-state index is 13.1. The van der Waals surface area contributed by atoms with Gasteiger partial charge in [0.05, 0.1) is 16.5 Å². The Labute approximate surface area is 117 Å². The molecule has 1 aromatic rings. The summed E-state index contributed by atoms with van der Waals surface area (Å²) in [7, 11) is 1.20. The van der Waals surface area contributed by atoms with Crippen LogP contribution in [-0.4, -0.2) is 13.0 Å². The molecule has 0 aliphatic carbocycles. The van der Waals surface area contributed by atoms with Crippen LogP contribution in [0.4, 0.5) is 26.3 Å². The first kappa shape index (κ1) is 17.3. The third kappa shape index (κ3) is 3.30. The number of rotatable bonds is 2. The Morgan fingerprint density at radius 2 is 1.43 bits per heavy atom. The van der Waals surface area contributed by atoms with Crippen LogP contribution in [0.2, 0.25) is 0 Å². The summed E-state index contributed by atoms with van der Waals surface area (Å²) in [4.78, 5) is 11.7. The Kier molecular flexibility index (Phi) is 4.32. The van der Waals surface area contributed by atoms with Crippen molar-refractivity contribution in [3.05, 3.63) is 34.9 Å². The summed E-state index contributed by atoms with van der Waals surface area (Å²) in [5, 5.41) is 2.15. The van der Waals surface area contributed by atoms with E-state index in [9.17, 15) is 31.1 Å². The van der Waals surface area contributed by atoms with Crippen LogP contribution in [0.25, 0.3) is 0 Å². The van der Waals surface area contributed by atoms with Gasteiger partial charge in [-0.3, -0.25) is 4.79 Å². The van der Waals surface area contributed by atoms with Crippen molar-refractivity contribution in [3.8, 4) is 0 Å². The Balaban J connectivity index is 3.73. The van der Waals surface area contributed by atoms with E-state index < -0.39 is 40.4 Å². The van der Waals surface area contributed by atoms with E-state index in [1.165, 1.54) is 7.05 Å². The van der Waals surface area contributed by atoms with Crippen molar-refractivity contribution in [2.24, 2.45) is 0 Å². The maximum Gasteiger partial charge on any atom is 0.417 e. The highest BCUT2D eigenvalue weighted by atomic mass is 19.4. The summed E-state index contributed by atoms with van der Waals surface area (Å²) in [6, 6.07) is 2.09. The fourth-order valence-electron chi connectivity index (χ4n) is 2.05. The monoisotopic (exact) mass is 313 g/mol. The molecule has 0 heterocycles. The molecular formula is C13H13F6NO. The highest BCUT2D eigenvalue weighted by Gasteiger charge is 2.47. The molecule has 8 heteroatoms. The highest BCUT2D eigenvalue weighted by molar-refractivity contribution is 5.87. The summed E-state index contributed by atoms with van der Waals surface area (Å²) in [5.41, 5.74) is -6.11. The number of amides is 1. The third-order valence-corrected chi connectivity index (χ3v) is 3.12. The molecule has 118 valence electrons. The van der Waals surface area contributed by atoms with Gasteiger partial charge in [-0.2, -0.15) is 26.3 Å². The average molecular weight is 313 g/mol. The van der Waals surface area contributed by atoms with Gasteiger partial charge in [0, 0.05) is 7.05 Å². The zero-order valence-electron chi connectivity index (χ0n) is 11.4. The van der Waals surface area contributed by atoms with Crippen molar-refractivity contribution >= 4 is 5.91 Å². The molecule has 1 N–H and O–H groups in total. The Bertz CT molecular complexity index is 545. The molecule has 2 nitrogen and oxygen atoms in total. The SMILES string of the molecule is CNC(=O)C(C)(C)c1cccc(C(F)(F)F)c1C(F)(F)F. The fraction of sp³-hybridized carbons (Fsp3) is 0.462. The minimum absolute atomic E-state index is 0.353. The lowest BCUT2D eigenvalue weighted by Gasteiger charge is -2.28. The predicted molar refractivity (Wildman–Crippen MR) is 63.5 cm³/mol. The van der Waals surface area contributed by atoms with E-state index in [1.54, 1.807) is 0 Å². The molecular weight excluding hydrogens is 300 g/mol. The van der Waals surface area contributed by atoms with Crippen molar-refractivity contribution in [2.45, 2.75) is 31.6 Å². The molecule has 0 spiro atoms. The maximum atomic E-state index is 13.1. The van der Waals surface area contributed by atoms with E-state index in [4.69, 9.17) is 0 Å². The Morgan fingerprint density at radius 1 is 0.952 bits per heavy atom. The molecule has 0 fully saturated rings. The summed E-state index contributed by atoms with van der Waals surface area (Å²) in [5.74, 6) is -0.813. The number of hydrogen-bond donors (Lipinski definition) is 1. The van der Waals surface area contributed by atoms with Gasteiger partial charge in [0.2, 0.25) is 5.91 Å². The Morgan fingerprint density at radius 3 is 1.81 bits per heavy atom. The number of halogens is 6. The van der Waals surface area contributed by atoms with E-state index >= 15 is 0 Å². The summed E-state index contributed by atoms with van der Waals surface area (Å²) in [6.45, 7) is 2.27. The number of alkyl halides is 6. The molecule has 0 atom stereocenters. The summed E-state index contributed by atoms with van der Waals surface area (Å²) in [6.07, 6.45) is -10.4. The lowest BCUT2D eigenvalue weighted by Crippen LogP contribution is -2.40. The van der Waals surface area contributed by atoms with Crippen LogP contribution in [0.1, 0.15) is 30.5 Å². The van der Waals surface area contributed by atoms with Gasteiger partial charge in [-0.15, -0.1) is 0 Å². The van der Waals surface area contributed by atoms with Crippen molar-refractivity contribution < 1.29 is 31.1 Å². The van der Waals surface area contributed by atoms with Crippen molar-refractivity contribution in [3.63, 3.8) is 0 Å². The van der Waals surface area contributed by atoms with Crippen LogP contribution in [0, 0.1) is 0 Å². The standard InChI is InChI=1S/C13H13F6NO/c1-11(2,10(21)20-3)7-5-4-6-8(12(14,15)16)9(7)13(17,18)19/h4-6H,1-3H3,(H,20,21). The van der Waals surface area contributed by atoms with Crippen LogP contribution < -0.4 is 5.32 Å². The minimum Gasteiger partial charge on any atom is -0.358 e. The van der Waals surface area contributed by atoms with E-state index in [1.807, 2.05) is 0 Å². The highest BCUT2D eigenvalue weighted by Crippen LogP contribution is 2.45. The van der Waals surface area contributed by atoms with Gasteiger partial charge in [-0.25, -0.2) is 0 Å². The van der Waals surface area contributed by atoms with Crippen LogP contribution in [0.5, 0.6) is 0 Å². The summed E-state index contributed by atoms with van der Waals surface area (Å²) < 4.78 is 77.8. The third-order valence-electron chi connectivity index (χ3n) is 3.12. The van der Waals surface area contributed by atoms with Crippen molar-refractivity contribution in [1.82, 2.24) is 5.32 Å². The zero-order chi connectivity index (χ0) is 16.6. The smallest absolute Gasteiger partial charge is 0.358 e. The lowest BCUT2D eigenvalue weighted by atomic mass is 9.79. The first-order chi connectivity index (χ1) is 9.33. The Hall–Kier alpha value is -1.73. The number of nitrogens with one attached hydrogen (secondary N) is 1. The predicted octanol–water partition coefficient (Wildman–Crippen LogP) is 3.75. The van der Waals surface area contributed by atoms with Crippen LogP contribution >= 0.6 is 0 Å². The first-order valence-corrected chi connectivity index (χ1v) is 5.83. The molecule has 1 amide bonds. The minimum atomic E-state index is -5.23. The molecule has 0 saturated heterocycles. The number of benzene rings is 1. The quantitative estimate of drug-likeness (QED) is 0.828. The molecule has 0 bridgehead atoms. The van der Waals surface area contributed by atoms with Gasteiger partial charge in [0.15, 0.2) is 0 Å². The van der Waals surface area contributed by atoms with E-state index in [2.05, 4.69) is 5.32 Å². The molecule has 0 saturated carbocycles. The van der Waals surface area contributed by atoms with Crippen molar-refractivity contribution in [2.75, 3.05) is 7.05 Å². The zero-order valence-corrected chi connectivity index (χ0v) is 11.4. The fourth-order valence-corrected chi connectivity index (χ4v) is 2.05. The first-order valence-electron chi connectivity index (χ1n) is 5.83. The lowest BCUT2D eigenvalue weighted by molar-refractivity contribution is -0.163. The van der Waals surface area contributed by atoms with Crippen LogP contribution in [0.3, 0.4) is 0 Å². The molecule has 0 radical (unpaired) electrons. The second kappa shape index (κ2) is 5.23. The average Bonchev–Trinajstić information content (AvgIpc) is 2.34. The molecule has 0 unspecified atom stereocenters. The number of carbonyl (C=O) groups excluding carboxylic acids is 1. The van der Waals surface area contributed by atoms with E-state index in [-0.39, 0.29) is 0 Å². The number of likely N-dealkylation sites (N-methyl/N-ethyl adjacent to an activating group) is 1. The molecule has 0 aliphatic heterocycles. The number of hydrogen-bond acceptors (Lipinski definition) is 1. The largest absolute Gasteiger partial charge is 0.417 e. The summed E-state index contributed by atoms with van der Waals surface area (Å²) >= 11 is 0. The molecule has 1 rings (SSSR count). The molecule has 21 heavy (non-hydrogen) atoms. The molecule has 1 aromatic carbocycles. The van der Waals surface area contributed by atoms with Gasteiger partial charge < -0.3 is 5.32 Å². The van der Waals surface area contributed by atoms with Gasteiger partial charge in [-0.05, 0) is 25.5 Å². The molecule has 0 aliphatic rings. The van der Waals surface area contributed by atoms with Gasteiger partial charge in [0.1, 0.15) is 0 Å². The van der Waals surface area contributed by atoms with Crippen molar-refractivity contribution in [1.29, 1.82) is 0 Å². The van der Waals surface area contributed by atoms with Gasteiger partial charge >= 0.3 is 12.4 Å². The number of carbonyl (C=O) groups is 1. The van der Waals surface area contributed by atoms with Crippen LogP contribution in [0.15, 0.2) is 18.2 Å². The topological polar surface area (TPSA) is 29.1 Å².